The Kier molecular flexibility index (Phi) is 8.10. The van der Waals surface area contributed by atoms with Gasteiger partial charge in [0.15, 0.2) is 0 Å². The summed E-state index contributed by atoms with van der Waals surface area (Å²) >= 11 is 0. The molecule has 1 aliphatic rings. The fourth-order valence-electron chi connectivity index (χ4n) is 4.18. The third-order valence-corrected chi connectivity index (χ3v) is 8.33. The van der Waals surface area contributed by atoms with Gasteiger partial charge in [0.25, 0.3) is 0 Å². The lowest BCUT2D eigenvalue weighted by molar-refractivity contribution is -0.124. The summed E-state index contributed by atoms with van der Waals surface area (Å²) in [7, 11) is -3.73. The molecule has 3 rings (SSSR count). The number of aryl methyl sites for hydroxylation is 1. The van der Waals surface area contributed by atoms with Crippen LogP contribution in [-0.2, 0) is 25.0 Å². The molecule has 9 heteroatoms. The maximum absolute atomic E-state index is 13.6. The van der Waals surface area contributed by atoms with Gasteiger partial charge in [-0.05, 0) is 75.8 Å². The minimum Gasteiger partial charge on any atom is -0.444 e. The molecule has 1 aliphatic heterocycles. The van der Waals surface area contributed by atoms with Crippen molar-refractivity contribution in [3.63, 3.8) is 0 Å². The van der Waals surface area contributed by atoms with E-state index < -0.39 is 33.2 Å². The van der Waals surface area contributed by atoms with Gasteiger partial charge in [-0.2, -0.15) is 4.31 Å². The summed E-state index contributed by atoms with van der Waals surface area (Å²) in [5, 5.41) is 5.68. The summed E-state index contributed by atoms with van der Waals surface area (Å²) in [6, 6.07) is 14.2. The molecule has 0 bridgehead atoms. The highest BCUT2D eigenvalue weighted by Crippen LogP contribution is 2.30. The number of carbonyl (C=O) groups excluding carboxylic acids is 2. The average Bonchev–Trinajstić information content (AvgIpc) is 2.78. The topological polar surface area (TPSA) is 105 Å². The van der Waals surface area contributed by atoms with Crippen LogP contribution in [0, 0.1) is 6.92 Å². The van der Waals surface area contributed by atoms with Gasteiger partial charge in [-0.3, -0.25) is 4.79 Å². The summed E-state index contributed by atoms with van der Waals surface area (Å²) in [5.74, 6) is -0.408. The van der Waals surface area contributed by atoms with Crippen LogP contribution in [-0.4, -0.2) is 49.0 Å². The molecule has 1 fully saturated rings. The molecule has 8 nitrogen and oxygen atoms in total. The van der Waals surface area contributed by atoms with Gasteiger partial charge < -0.3 is 15.4 Å². The standard InChI is InChI=1S/C28H39N3O5S/c1-20-8-14-23(15-9-20)37(34,35)31-18-16-28(17-19-31,30-25(33)36-27(5,6)7)24(32)29-22-12-10-21(11-13-22)26(2,3)4/h8-15H,16-19H2,1-7H3,(H,29,32)(H,30,33). The second kappa shape index (κ2) is 10.5. The Hall–Kier alpha value is -2.91. The van der Waals surface area contributed by atoms with Gasteiger partial charge in [-0.1, -0.05) is 50.6 Å². The van der Waals surface area contributed by atoms with Crippen molar-refractivity contribution in [1.82, 2.24) is 9.62 Å². The van der Waals surface area contributed by atoms with E-state index in [4.69, 9.17) is 4.74 Å². The number of nitrogens with zero attached hydrogens (tertiary/aromatic N) is 1. The Bertz CT molecular complexity index is 1220. The molecule has 1 heterocycles. The van der Waals surface area contributed by atoms with E-state index in [-0.39, 0.29) is 36.2 Å². The highest BCUT2D eigenvalue weighted by Gasteiger charge is 2.46. The summed E-state index contributed by atoms with van der Waals surface area (Å²) < 4.78 is 33.2. The van der Waals surface area contributed by atoms with E-state index in [1.807, 2.05) is 31.2 Å². The zero-order valence-corrected chi connectivity index (χ0v) is 23.7. The van der Waals surface area contributed by atoms with Gasteiger partial charge in [0.1, 0.15) is 11.1 Å². The number of alkyl carbamates (subject to hydrolysis) is 1. The van der Waals surface area contributed by atoms with Crippen molar-refractivity contribution in [2.45, 2.75) is 82.8 Å². The molecule has 2 N–H and O–H groups in total. The molecule has 0 radical (unpaired) electrons. The summed E-state index contributed by atoms with van der Waals surface area (Å²) in [6.07, 6.45) is -0.521. The van der Waals surface area contributed by atoms with Crippen molar-refractivity contribution in [2.75, 3.05) is 18.4 Å². The maximum atomic E-state index is 13.6. The molecule has 0 aliphatic carbocycles. The van der Waals surface area contributed by atoms with E-state index in [9.17, 15) is 18.0 Å². The quantitative estimate of drug-likeness (QED) is 0.568. The lowest BCUT2D eigenvalue weighted by atomic mass is 9.86. The van der Waals surface area contributed by atoms with Crippen LogP contribution < -0.4 is 10.6 Å². The SMILES string of the molecule is Cc1ccc(S(=O)(=O)N2CCC(NC(=O)OC(C)(C)C)(C(=O)Nc3ccc(C(C)(C)C)cc3)CC2)cc1. The van der Waals surface area contributed by atoms with Crippen molar-refractivity contribution in [3.8, 4) is 0 Å². The predicted molar refractivity (Wildman–Crippen MR) is 145 cm³/mol. The third kappa shape index (κ3) is 7.11. The number of hydrogen-bond donors (Lipinski definition) is 2. The Morgan fingerprint density at radius 3 is 1.92 bits per heavy atom. The van der Waals surface area contributed by atoms with E-state index in [0.717, 1.165) is 11.1 Å². The number of rotatable bonds is 5. The molecule has 0 saturated carbocycles. The van der Waals surface area contributed by atoms with Crippen molar-refractivity contribution in [3.05, 3.63) is 59.7 Å². The van der Waals surface area contributed by atoms with E-state index in [1.54, 1.807) is 45.0 Å². The van der Waals surface area contributed by atoms with E-state index in [0.29, 0.717) is 5.69 Å². The van der Waals surface area contributed by atoms with Gasteiger partial charge in [0, 0.05) is 18.8 Å². The lowest BCUT2D eigenvalue weighted by Gasteiger charge is -2.40. The second-order valence-corrected chi connectivity index (χ2v) is 13.6. The van der Waals surface area contributed by atoms with E-state index in [2.05, 4.69) is 31.4 Å². The number of anilines is 1. The van der Waals surface area contributed by atoms with E-state index in [1.165, 1.54) is 4.31 Å². The van der Waals surface area contributed by atoms with Crippen LogP contribution in [0.3, 0.4) is 0 Å². The van der Waals surface area contributed by atoms with Crippen molar-refractivity contribution >= 4 is 27.7 Å². The molecule has 37 heavy (non-hydrogen) atoms. The summed E-state index contributed by atoms with van der Waals surface area (Å²) in [4.78, 5) is 26.5. The molecule has 2 aromatic rings. The monoisotopic (exact) mass is 529 g/mol. The molecule has 0 spiro atoms. The number of amides is 2. The van der Waals surface area contributed by atoms with Crippen LogP contribution in [0.1, 0.15) is 65.5 Å². The smallest absolute Gasteiger partial charge is 0.408 e. The van der Waals surface area contributed by atoms with Crippen LogP contribution in [0.15, 0.2) is 53.4 Å². The first-order valence-electron chi connectivity index (χ1n) is 12.5. The molecule has 1 saturated heterocycles. The normalized spacial score (nSPS) is 16.6. The Labute approximate surface area is 220 Å². The third-order valence-electron chi connectivity index (χ3n) is 6.42. The van der Waals surface area contributed by atoms with Crippen LogP contribution >= 0.6 is 0 Å². The van der Waals surface area contributed by atoms with Crippen LogP contribution in [0.25, 0.3) is 0 Å². The van der Waals surface area contributed by atoms with Crippen LogP contribution in [0.5, 0.6) is 0 Å². The molecule has 2 aromatic carbocycles. The zero-order chi connectivity index (χ0) is 27.6. The highest BCUT2D eigenvalue weighted by molar-refractivity contribution is 7.89. The number of piperidine rings is 1. The molecule has 0 unspecified atom stereocenters. The Morgan fingerprint density at radius 2 is 1.43 bits per heavy atom. The van der Waals surface area contributed by atoms with E-state index >= 15 is 0 Å². The predicted octanol–water partition coefficient (Wildman–Crippen LogP) is 4.98. The Balaban J connectivity index is 1.82. The number of benzene rings is 2. The van der Waals surface area contributed by atoms with Crippen molar-refractivity contribution < 1.29 is 22.7 Å². The zero-order valence-electron chi connectivity index (χ0n) is 22.8. The number of hydrogen-bond acceptors (Lipinski definition) is 5. The first kappa shape index (κ1) is 28.7. The number of nitrogens with one attached hydrogen (secondary N) is 2. The minimum absolute atomic E-state index is 0.0300. The van der Waals surface area contributed by atoms with Gasteiger partial charge in [0.2, 0.25) is 15.9 Å². The minimum atomic E-state index is -3.73. The molecule has 202 valence electrons. The second-order valence-electron chi connectivity index (χ2n) is 11.7. The van der Waals surface area contributed by atoms with Crippen LogP contribution in [0.4, 0.5) is 10.5 Å². The van der Waals surface area contributed by atoms with Gasteiger partial charge in [-0.15, -0.1) is 0 Å². The molecule has 2 amide bonds. The van der Waals surface area contributed by atoms with Crippen molar-refractivity contribution in [1.29, 1.82) is 0 Å². The van der Waals surface area contributed by atoms with Crippen LogP contribution in [0.2, 0.25) is 0 Å². The largest absolute Gasteiger partial charge is 0.444 e. The molecule has 0 aromatic heterocycles. The highest BCUT2D eigenvalue weighted by atomic mass is 32.2. The molecule has 0 atom stereocenters. The maximum Gasteiger partial charge on any atom is 0.408 e. The number of ether oxygens (including phenoxy) is 1. The Morgan fingerprint density at radius 1 is 0.892 bits per heavy atom. The fraction of sp³-hybridized carbons (Fsp3) is 0.500. The number of sulfonamides is 1. The first-order chi connectivity index (χ1) is 17.0. The lowest BCUT2D eigenvalue weighted by Crippen LogP contribution is -2.62. The summed E-state index contributed by atoms with van der Waals surface area (Å²) in [6.45, 7) is 13.6. The number of carbonyl (C=O) groups is 2. The van der Waals surface area contributed by atoms with Gasteiger partial charge in [-0.25, -0.2) is 13.2 Å². The van der Waals surface area contributed by atoms with Gasteiger partial charge >= 0.3 is 6.09 Å². The first-order valence-corrected chi connectivity index (χ1v) is 14.0. The van der Waals surface area contributed by atoms with Crippen molar-refractivity contribution in [2.24, 2.45) is 0 Å². The molecular formula is C28H39N3O5S. The summed E-state index contributed by atoms with van der Waals surface area (Å²) in [5.41, 5.74) is 0.576. The fourth-order valence-corrected chi connectivity index (χ4v) is 5.62. The average molecular weight is 530 g/mol. The molecular weight excluding hydrogens is 490 g/mol. The van der Waals surface area contributed by atoms with Gasteiger partial charge in [0.05, 0.1) is 4.90 Å².